The molecule has 3 amide bonds. The minimum Gasteiger partial charge on any atom is -0.495 e. The molecular formula is C23H24ClN3O5. The Balaban J connectivity index is 1.45. The van der Waals surface area contributed by atoms with Gasteiger partial charge in [-0.15, -0.1) is 0 Å². The number of carbonyl (C=O) groups is 3. The Bertz CT molecular complexity index is 1060. The van der Waals surface area contributed by atoms with E-state index >= 15 is 0 Å². The van der Waals surface area contributed by atoms with Gasteiger partial charge in [0.15, 0.2) is 0 Å². The molecule has 2 aromatic carbocycles. The molecule has 2 fully saturated rings. The minimum absolute atomic E-state index is 0.0823. The highest BCUT2D eigenvalue weighted by Gasteiger charge is 2.36. The van der Waals surface area contributed by atoms with Crippen LogP contribution in [0.25, 0.3) is 0 Å². The number of carbonyl (C=O) groups excluding carboxylic acids is 3. The molecular weight excluding hydrogens is 434 g/mol. The van der Waals surface area contributed by atoms with Crippen LogP contribution in [0.5, 0.6) is 11.5 Å². The second-order valence-electron chi connectivity index (χ2n) is 7.75. The van der Waals surface area contributed by atoms with E-state index in [9.17, 15) is 14.4 Å². The summed E-state index contributed by atoms with van der Waals surface area (Å²) in [5, 5.41) is 3.21. The van der Waals surface area contributed by atoms with Gasteiger partial charge in [-0.2, -0.15) is 0 Å². The summed E-state index contributed by atoms with van der Waals surface area (Å²) in [4.78, 5) is 40.6. The molecule has 2 aliphatic rings. The first-order valence-electron chi connectivity index (χ1n) is 10.3. The summed E-state index contributed by atoms with van der Waals surface area (Å²) in [6.45, 7) is 0.924. The number of benzene rings is 2. The van der Waals surface area contributed by atoms with Crippen LogP contribution in [0.2, 0.25) is 5.02 Å². The van der Waals surface area contributed by atoms with Gasteiger partial charge in [0, 0.05) is 43.4 Å². The Labute approximate surface area is 191 Å². The lowest BCUT2D eigenvalue weighted by Crippen LogP contribution is -2.28. The van der Waals surface area contributed by atoms with E-state index in [-0.39, 0.29) is 30.7 Å². The van der Waals surface area contributed by atoms with Gasteiger partial charge >= 0.3 is 0 Å². The first-order valence-corrected chi connectivity index (χ1v) is 10.7. The molecule has 2 aromatic rings. The maximum atomic E-state index is 12.8. The third-order valence-corrected chi connectivity index (χ3v) is 6.06. The molecule has 0 aliphatic carbocycles. The van der Waals surface area contributed by atoms with Crippen LogP contribution >= 0.6 is 11.6 Å². The van der Waals surface area contributed by atoms with Crippen LogP contribution in [0.3, 0.4) is 0 Å². The minimum atomic E-state index is -0.520. The SMILES string of the molecule is COc1cc(OC)c(N2C[C@@H](C(=O)Nc3ccc(N4CCCC4=O)cc3)CC2=O)cc1Cl. The van der Waals surface area contributed by atoms with Gasteiger partial charge in [0.1, 0.15) is 11.5 Å². The second kappa shape index (κ2) is 9.08. The molecule has 0 bridgehead atoms. The molecule has 0 aromatic heterocycles. The standard InChI is InChI=1S/C23H24ClN3O5/c1-31-19-12-20(32-2)18(11-17(19)24)27-13-14(10-22(27)29)23(30)25-15-5-7-16(8-6-15)26-9-3-4-21(26)28/h5-8,11-12,14H,3-4,9-10,13H2,1-2H3,(H,25,30)/t14-/m0/s1. The maximum absolute atomic E-state index is 12.8. The summed E-state index contributed by atoms with van der Waals surface area (Å²) in [6.07, 6.45) is 1.50. The lowest BCUT2D eigenvalue weighted by molar-refractivity contribution is -0.122. The highest BCUT2D eigenvalue weighted by Crippen LogP contribution is 2.40. The van der Waals surface area contributed by atoms with E-state index in [2.05, 4.69) is 5.32 Å². The van der Waals surface area contributed by atoms with E-state index in [1.54, 1.807) is 29.2 Å². The molecule has 0 radical (unpaired) electrons. The Hall–Kier alpha value is -3.26. The van der Waals surface area contributed by atoms with Crippen LogP contribution in [-0.4, -0.2) is 45.0 Å². The van der Waals surface area contributed by atoms with E-state index in [4.69, 9.17) is 21.1 Å². The molecule has 2 saturated heterocycles. The average molecular weight is 458 g/mol. The zero-order chi connectivity index (χ0) is 22.8. The fourth-order valence-corrected chi connectivity index (χ4v) is 4.30. The highest BCUT2D eigenvalue weighted by atomic mass is 35.5. The third-order valence-electron chi connectivity index (χ3n) is 5.76. The topological polar surface area (TPSA) is 88.2 Å². The van der Waals surface area contributed by atoms with E-state index in [0.717, 1.165) is 12.1 Å². The molecule has 168 valence electrons. The molecule has 1 atom stereocenters. The predicted octanol–water partition coefficient (Wildman–Crippen LogP) is 3.48. The van der Waals surface area contributed by atoms with Gasteiger partial charge in [-0.3, -0.25) is 14.4 Å². The van der Waals surface area contributed by atoms with Crippen LogP contribution in [0.4, 0.5) is 17.1 Å². The average Bonchev–Trinajstić information content (AvgIpc) is 3.39. The molecule has 0 unspecified atom stereocenters. The molecule has 1 N–H and O–H groups in total. The zero-order valence-corrected chi connectivity index (χ0v) is 18.6. The number of amides is 3. The number of nitrogens with one attached hydrogen (secondary N) is 1. The molecule has 4 rings (SSSR count). The second-order valence-corrected chi connectivity index (χ2v) is 8.16. The predicted molar refractivity (Wildman–Crippen MR) is 122 cm³/mol. The summed E-state index contributed by atoms with van der Waals surface area (Å²) in [6, 6.07) is 10.4. The van der Waals surface area contributed by atoms with Crippen molar-refractivity contribution in [3.63, 3.8) is 0 Å². The van der Waals surface area contributed by atoms with Crippen molar-refractivity contribution in [2.24, 2.45) is 5.92 Å². The van der Waals surface area contributed by atoms with Crippen molar-refractivity contribution in [1.29, 1.82) is 0 Å². The molecule has 8 nitrogen and oxygen atoms in total. The van der Waals surface area contributed by atoms with Crippen LogP contribution in [0.15, 0.2) is 36.4 Å². The van der Waals surface area contributed by atoms with E-state index < -0.39 is 5.92 Å². The molecule has 0 spiro atoms. The van der Waals surface area contributed by atoms with Crippen LogP contribution < -0.4 is 24.6 Å². The Kier molecular flexibility index (Phi) is 6.23. The van der Waals surface area contributed by atoms with Crippen LogP contribution in [0.1, 0.15) is 19.3 Å². The normalized spacial score (nSPS) is 18.3. The lowest BCUT2D eigenvalue weighted by Gasteiger charge is -2.21. The van der Waals surface area contributed by atoms with Gasteiger partial charge in [0.05, 0.1) is 30.8 Å². The van der Waals surface area contributed by atoms with Gasteiger partial charge in [-0.1, -0.05) is 11.6 Å². The van der Waals surface area contributed by atoms with E-state index in [1.807, 2.05) is 12.1 Å². The number of hydrogen-bond acceptors (Lipinski definition) is 5. The van der Waals surface area contributed by atoms with Crippen molar-refractivity contribution in [1.82, 2.24) is 0 Å². The van der Waals surface area contributed by atoms with E-state index in [0.29, 0.717) is 40.9 Å². The maximum Gasteiger partial charge on any atom is 0.229 e. The van der Waals surface area contributed by atoms with Crippen molar-refractivity contribution in [3.8, 4) is 11.5 Å². The highest BCUT2D eigenvalue weighted by molar-refractivity contribution is 6.32. The van der Waals surface area contributed by atoms with Crippen molar-refractivity contribution >= 4 is 46.4 Å². The van der Waals surface area contributed by atoms with Gasteiger partial charge in [-0.25, -0.2) is 0 Å². The van der Waals surface area contributed by atoms with Gasteiger partial charge in [0.2, 0.25) is 17.7 Å². The Morgan fingerprint density at radius 1 is 1.03 bits per heavy atom. The van der Waals surface area contributed by atoms with Crippen molar-refractivity contribution < 1.29 is 23.9 Å². The van der Waals surface area contributed by atoms with Gasteiger partial charge < -0.3 is 24.6 Å². The fourth-order valence-electron chi connectivity index (χ4n) is 4.06. The van der Waals surface area contributed by atoms with Crippen molar-refractivity contribution in [2.45, 2.75) is 19.3 Å². The summed E-state index contributed by atoms with van der Waals surface area (Å²) in [5.41, 5.74) is 1.93. The number of halogens is 1. The third kappa shape index (κ3) is 4.23. The van der Waals surface area contributed by atoms with Gasteiger partial charge in [-0.05, 0) is 36.8 Å². The lowest BCUT2D eigenvalue weighted by atomic mass is 10.1. The first-order chi connectivity index (χ1) is 15.4. The quantitative estimate of drug-likeness (QED) is 0.717. The molecule has 2 aliphatic heterocycles. The van der Waals surface area contributed by atoms with Crippen LogP contribution in [-0.2, 0) is 14.4 Å². The fraction of sp³-hybridized carbons (Fsp3) is 0.348. The molecule has 0 saturated carbocycles. The first kappa shape index (κ1) is 22.0. The molecule has 9 heteroatoms. The number of anilines is 3. The number of rotatable bonds is 6. The van der Waals surface area contributed by atoms with E-state index in [1.165, 1.54) is 19.1 Å². The van der Waals surface area contributed by atoms with Crippen LogP contribution in [0, 0.1) is 5.92 Å². The smallest absolute Gasteiger partial charge is 0.229 e. The van der Waals surface area contributed by atoms with Crippen molar-refractivity contribution in [2.75, 3.05) is 42.4 Å². The number of hydrogen-bond donors (Lipinski definition) is 1. The van der Waals surface area contributed by atoms with Crippen molar-refractivity contribution in [3.05, 3.63) is 41.4 Å². The monoisotopic (exact) mass is 457 g/mol. The Morgan fingerprint density at radius 2 is 1.75 bits per heavy atom. The number of methoxy groups -OCH3 is 2. The summed E-state index contributed by atoms with van der Waals surface area (Å²) in [7, 11) is 2.99. The van der Waals surface area contributed by atoms with Gasteiger partial charge in [0.25, 0.3) is 0 Å². The number of nitrogens with zero attached hydrogens (tertiary/aromatic N) is 2. The zero-order valence-electron chi connectivity index (χ0n) is 17.9. The number of ether oxygens (including phenoxy) is 2. The largest absolute Gasteiger partial charge is 0.495 e. The summed E-state index contributed by atoms with van der Waals surface area (Å²) in [5.74, 6) is 0.0327. The molecule has 32 heavy (non-hydrogen) atoms. The summed E-state index contributed by atoms with van der Waals surface area (Å²) >= 11 is 6.24. The summed E-state index contributed by atoms with van der Waals surface area (Å²) < 4.78 is 10.6. The Morgan fingerprint density at radius 3 is 2.38 bits per heavy atom. The molecule has 2 heterocycles.